The van der Waals surface area contributed by atoms with Crippen molar-refractivity contribution in [2.45, 2.75) is 27.7 Å². The smallest absolute Gasteiger partial charge is 0.0389 e. The first-order chi connectivity index (χ1) is 8.06. The van der Waals surface area contributed by atoms with E-state index in [1.807, 2.05) is 0 Å². The predicted octanol–water partition coefficient (Wildman–Crippen LogP) is 4.66. The van der Waals surface area contributed by atoms with Gasteiger partial charge >= 0.3 is 0 Å². The van der Waals surface area contributed by atoms with E-state index in [1.165, 1.54) is 22.3 Å². The Kier molecular flexibility index (Phi) is 3.19. The molecule has 0 saturated heterocycles. The molecule has 0 atom stereocenters. The molecule has 2 aromatic carbocycles. The van der Waals surface area contributed by atoms with Crippen molar-refractivity contribution < 1.29 is 0 Å². The number of anilines is 2. The Labute approximate surface area is 103 Å². The van der Waals surface area contributed by atoms with Gasteiger partial charge in [0.2, 0.25) is 0 Å². The van der Waals surface area contributed by atoms with E-state index in [1.54, 1.807) is 0 Å². The van der Waals surface area contributed by atoms with Crippen LogP contribution in [0.15, 0.2) is 36.4 Å². The molecule has 17 heavy (non-hydrogen) atoms. The Morgan fingerprint density at radius 3 is 1.76 bits per heavy atom. The summed E-state index contributed by atoms with van der Waals surface area (Å²) in [4.78, 5) is 0. The summed E-state index contributed by atoms with van der Waals surface area (Å²) < 4.78 is 0. The fourth-order valence-electron chi connectivity index (χ4n) is 1.91. The minimum atomic E-state index is 1.14. The summed E-state index contributed by atoms with van der Waals surface area (Å²) in [5.74, 6) is 0. The Hall–Kier alpha value is -1.76. The second-order valence-corrected chi connectivity index (χ2v) is 4.73. The van der Waals surface area contributed by atoms with Gasteiger partial charge in [0.05, 0.1) is 0 Å². The van der Waals surface area contributed by atoms with Crippen LogP contribution in [-0.2, 0) is 0 Å². The summed E-state index contributed by atoms with van der Waals surface area (Å²) in [6, 6.07) is 12.9. The molecule has 1 nitrogen and oxygen atoms in total. The van der Waals surface area contributed by atoms with Crippen LogP contribution in [0.1, 0.15) is 22.3 Å². The number of aryl methyl sites for hydroxylation is 3. The Morgan fingerprint density at radius 2 is 1.24 bits per heavy atom. The highest BCUT2D eigenvalue weighted by Gasteiger charge is 2.01. The zero-order chi connectivity index (χ0) is 12.4. The SMILES string of the molecule is Cc1ccc(Nc2cc(C)c(C)c(C)c2)cc1. The van der Waals surface area contributed by atoms with Crippen LogP contribution in [0.4, 0.5) is 11.4 Å². The molecule has 88 valence electrons. The third kappa shape index (κ3) is 2.68. The van der Waals surface area contributed by atoms with Gasteiger partial charge in [-0.2, -0.15) is 0 Å². The first kappa shape index (κ1) is 11.7. The van der Waals surface area contributed by atoms with Gasteiger partial charge in [0.25, 0.3) is 0 Å². The van der Waals surface area contributed by atoms with Crippen LogP contribution < -0.4 is 5.32 Å². The van der Waals surface area contributed by atoms with Crippen LogP contribution in [-0.4, -0.2) is 0 Å². The molecule has 0 fully saturated rings. The van der Waals surface area contributed by atoms with E-state index in [0.29, 0.717) is 0 Å². The number of nitrogens with one attached hydrogen (secondary N) is 1. The minimum Gasteiger partial charge on any atom is -0.356 e. The number of rotatable bonds is 2. The van der Waals surface area contributed by atoms with E-state index in [-0.39, 0.29) is 0 Å². The summed E-state index contributed by atoms with van der Waals surface area (Å²) in [7, 11) is 0. The molecule has 0 aliphatic rings. The standard InChI is InChI=1S/C16H19N/c1-11-5-7-15(8-6-11)17-16-9-12(2)14(4)13(3)10-16/h5-10,17H,1-4H3. The quantitative estimate of drug-likeness (QED) is 0.783. The molecule has 2 rings (SSSR count). The van der Waals surface area contributed by atoms with Crippen LogP contribution in [0.3, 0.4) is 0 Å². The van der Waals surface area contributed by atoms with Gasteiger partial charge in [-0.25, -0.2) is 0 Å². The molecule has 0 aliphatic heterocycles. The summed E-state index contributed by atoms with van der Waals surface area (Å²) in [6.07, 6.45) is 0. The van der Waals surface area contributed by atoms with Gasteiger partial charge in [-0.3, -0.25) is 0 Å². The van der Waals surface area contributed by atoms with Crippen LogP contribution in [0, 0.1) is 27.7 Å². The van der Waals surface area contributed by atoms with E-state index in [4.69, 9.17) is 0 Å². The first-order valence-corrected chi connectivity index (χ1v) is 5.98. The van der Waals surface area contributed by atoms with E-state index >= 15 is 0 Å². The molecule has 0 bridgehead atoms. The van der Waals surface area contributed by atoms with E-state index < -0.39 is 0 Å². The molecule has 1 heteroatoms. The topological polar surface area (TPSA) is 12.0 Å². The molecule has 0 heterocycles. The van der Waals surface area contributed by atoms with Crippen molar-refractivity contribution in [3.05, 3.63) is 58.7 Å². The summed E-state index contributed by atoms with van der Waals surface area (Å²) >= 11 is 0. The normalized spacial score (nSPS) is 10.4. The van der Waals surface area contributed by atoms with Gasteiger partial charge in [-0.15, -0.1) is 0 Å². The van der Waals surface area contributed by atoms with Crippen LogP contribution >= 0.6 is 0 Å². The molecule has 0 saturated carbocycles. The Bertz CT molecular complexity index is 501. The largest absolute Gasteiger partial charge is 0.356 e. The molecular weight excluding hydrogens is 206 g/mol. The van der Waals surface area contributed by atoms with Crippen LogP contribution in [0.5, 0.6) is 0 Å². The molecule has 2 aromatic rings. The van der Waals surface area contributed by atoms with Crippen molar-refractivity contribution in [3.8, 4) is 0 Å². The molecular formula is C16H19N. The van der Waals surface area contributed by atoms with Gasteiger partial charge in [-0.05, 0) is 68.7 Å². The number of benzene rings is 2. The number of hydrogen-bond donors (Lipinski definition) is 1. The van der Waals surface area contributed by atoms with Crippen molar-refractivity contribution >= 4 is 11.4 Å². The van der Waals surface area contributed by atoms with E-state index in [9.17, 15) is 0 Å². The van der Waals surface area contributed by atoms with Crippen molar-refractivity contribution in [1.29, 1.82) is 0 Å². The third-order valence-corrected chi connectivity index (χ3v) is 3.27. The summed E-state index contributed by atoms with van der Waals surface area (Å²) in [5, 5.41) is 3.44. The predicted molar refractivity (Wildman–Crippen MR) is 75.1 cm³/mol. The maximum absolute atomic E-state index is 3.44. The zero-order valence-electron chi connectivity index (χ0n) is 11.0. The molecule has 0 amide bonds. The van der Waals surface area contributed by atoms with E-state index in [0.717, 1.165) is 11.4 Å². The van der Waals surface area contributed by atoms with Gasteiger partial charge in [0.15, 0.2) is 0 Å². The summed E-state index contributed by atoms with van der Waals surface area (Å²) in [5.41, 5.74) is 7.62. The Morgan fingerprint density at radius 1 is 0.706 bits per heavy atom. The lowest BCUT2D eigenvalue weighted by Gasteiger charge is -2.11. The minimum absolute atomic E-state index is 1.14. The average molecular weight is 225 g/mol. The van der Waals surface area contributed by atoms with Gasteiger partial charge < -0.3 is 5.32 Å². The lowest BCUT2D eigenvalue weighted by atomic mass is 10.0. The molecule has 0 radical (unpaired) electrons. The van der Waals surface area contributed by atoms with Crippen molar-refractivity contribution in [2.24, 2.45) is 0 Å². The maximum Gasteiger partial charge on any atom is 0.0389 e. The summed E-state index contributed by atoms with van der Waals surface area (Å²) in [6.45, 7) is 8.58. The third-order valence-electron chi connectivity index (χ3n) is 3.27. The second kappa shape index (κ2) is 4.62. The van der Waals surface area contributed by atoms with Crippen molar-refractivity contribution in [3.63, 3.8) is 0 Å². The van der Waals surface area contributed by atoms with Crippen LogP contribution in [0.25, 0.3) is 0 Å². The first-order valence-electron chi connectivity index (χ1n) is 5.98. The van der Waals surface area contributed by atoms with Gasteiger partial charge in [0, 0.05) is 11.4 Å². The molecule has 0 spiro atoms. The highest BCUT2D eigenvalue weighted by atomic mass is 14.9. The van der Waals surface area contributed by atoms with Gasteiger partial charge in [0.1, 0.15) is 0 Å². The highest BCUT2D eigenvalue weighted by Crippen LogP contribution is 2.22. The maximum atomic E-state index is 3.44. The molecule has 0 aromatic heterocycles. The molecule has 0 unspecified atom stereocenters. The zero-order valence-corrected chi connectivity index (χ0v) is 11.0. The molecule has 0 aliphatic carbocycles. The fourth-order valence-corrected chi connectivity index (χ4v) is 1.91. The second-order valence-electron chi connectivity index (χ2n) is 4.73. The fraction of sp³-hybridized carbons (Fsp3) is 0.250. The van der Waals surface area contributed by atoms with Crippen LogP contribution in [0.2, 0.25) is 0 Å². The lowest BCUT2D eigenvalue weighted by molar-refractivity contribution is 1.26. The lowest BCUT2D eigenvalue weighted by Crippen LogP contribution is -1.94. The van der Waals surface area contributed by atoms with Crippen molar-refractivity contribution in [2.75, 3.05) is 5.32 Å². The van der Waals surface area contributed by atoms with Crippen molar-refractivity contribution in [1.82, 2.24) is 0 Å². The molecule has 1 N–H and O–H groups in total. The highest BCUT2D eigenvalue weighted by molar-refractivity contribution is 5.62. The Balaban J connectivity index is 2.27. The number of hydrogen-bond acceptors (Lipinski definition) is 1. The van der Waals surface area contributed by atoms with Gasteiger partial charge in [-0.1, -0.05) is 17.7 Å². The van der Waals surface area contributed by atoms with E-state index in [2.05, 4.69) is 69.4 Å². The monoisotopic (exact) mass is 225 g/mol. The average Bonchev–Trinajstić information content (AvgIpc) is 2.29.